The van der Waals surface area contributed by atoms with E-state index in [1.807, 2.05) is 0 Å². The first-order valence-electron chi connectivity index (χ1n) is 12.7. The van der Waals surface area contributed by atoms with E-state index >= 15 is 0 Å². The third-order valence-electron chi connectivity index (χ3n) is 6.72. The van der Waals surface area contributed by atoms with Crippen LogP contribution in [-0.2, 0) is 41.9 Å². The number of carbonyl (C=O) groups excluding carboxylic acids is 4. The van der Waals surface area contributed by atoms with Crippen molar-refractivity contribution in [3.8, 4) is 0 Å². The van der Waals surface area contributed by atoms with E-state index in [2.05, 4.69) is 15.5 Å². The number of carbonyl (C=O) groups is 5. The number of pyridine rings is 1. The number of thiazole rings is 1. The van der Waals surface area contributed by atoms with Gasteiger partial charge in [0.15, 0.2) is 23.6 Å². The molecule has 1 saturated heterocycles. The summed E-state index contributed by atoms with van der Waals surface area (Å²) >= 11 is 8.21. The summed E-state index contributed by atoms with van der Waals surface area (Å²) in [6.45, 7) is 1.25. The molecule has 0 spiro atoms. The fraction of sp³-hybridized carbons (Fsp3) is 0.280. The number of carboxylic acids is 2. The summed E-state index contributed by atoms with van der Waals surface area (Å²) in [5.74, 6) is -4.94. The molecule has 16 nitrogen and oxygen atoms in total. The number of fused-ring (bicyclic) bond motifs is 2. The van der Waals surface area contributed by atoms with Crippen molar-refractivity contribution in [3.63, 3.8) is 0 Å². The lowest BCUT2D eigenvalue weighted by Crippen LogP contribution is -2.71. The summed E-state index contributed by atoms with van der Waals surface area (Å²) in [6.07, 6.45) is 2.00. The van der Waals surface area contributed by atoms with Crippen LogP contribution >= 0.6 is 34.7 Å². The minimum Gasteiger partial charge on any atom is -0.543 e. The second kappa shape index (κ2) is 12.1. The van der Waals surface area contributed by atoms with Gasteiger partial charge in [-0.3, -0.25) is 19.3 Å². The lowest BCUT2D eigenvalue weighted by atomic mass is 10.0. The molecular formula is C25H23ClN8O8S2. The summed E-state index contributed by atoms with van der Waals surface area (Å²) in [4.78, 5) is 71.4. The fourth-order valence-corrected chi connectivity index (χ4v) is 6.96. The Morgan fingerprint density at radius 3 is 2.75 bits per heavy atom. The predicted molar refractivity (Wildman–Crippen MR) is 155 cm³/mol. The summed E-state index contributed by atoms with van der Waals surface area (Å²) in [5, 5.41) is 26.7. The molecule has 0 radical (unpaired) electrons. The van der Waals surface area contributed by atoms with Crippen LogP contribution < -0.4 is 26.5 Å². The first-order chi connectivity index (χ1) is 20.9. The first-order valence-corrected chi connectivity index (χ1v) is 14.9. The molecule has 44 heavy (non-hydrogen) atoms. The van der Waals surface area contributed by atoms with E-state index in [0.29, 0.717) is 16.6 Å². The van der Waals surface area contributed by atoms with Gasteiger partial charge < -0.3 is 41.2 Å². The van der Waals surface area contributed by atoms with Gasteiger partial charge in [-0.25, -0.2) is 9.78 Å². The molecule has 2 aliphatic rings. The number of hydrogen-bond donors (Lipinski definition) is 4. The molecule has 5 heterocycles. The number of hydrogen-bond acceptors (Lipinski definition) is 12. The highest BCUT2D eigenvalue weighted by atomic mass is 35.5. The van der Waals surface area contributed by atoms with E-state index in [1.165, 1.54) is 18.7 Å². The molecule has 2 unspecified atom stereocenters. The van der Waals surface area contributed by atoms with Crippen molar-refractivity contribution in [3.05, 3.63) is 51.9 Å². The molecule has 230 valence electrons. The van der Waals surface area contributed by atoms with Crippen molar-refractivity contribution in [2.24, 2.45) is 10.9 Å². The van der Waals surface area contributed by atoms with Gasteiger partial charge in [-0.2, -0.15) is 4.57 Å². The molecule has 0 saturated carbocycles. The molecule has 0 aromatic carbocycles. The number of nitrogens with one attached hydrogen (secondary N) is 1. The number of aliphatic carboxylic acids is 2. The normalized spacial score (nSPS) is 18.9. The lowest BCUT2D eigenvalue weighted by Gasteiger charge is -2.50. The number of carboxylic acid groups (broad SMARTS) is 2. The largest absolute Gasteiger partial charge is 0.543 e. The molecule has 3 aromatic heterocycles. The zero-order valence-electron chi connectivity index (χ0n) is 22.6. The monoisotopic (exact) mass is 662 g/mol. The van der Waals surface area contributed by atoms with Crippen LogP contribution in [0.4, 0.5) is 5.13 Å². The Balaban J connectivity index is 1.39. The number of amides is 3. The second-order valence-corrected chi connectivity index (χ2v) is 12.4. The zero-order chi connectivity index (χ0) is 31.9. The third kappa shape index (κ3) is 5.78. The molecule has 2 aliphatic heterocycles. The van der Waals surface area contributed by atoms with Gasteiger partial charge in [0, 0.05) is 29.7 Å². The van der Waals surface area contributed by atoms with Crippen LogP contribution in [0.1, 0.15) is 12.6 Å². The molecule has 6 N–H and O–H groups in total. The lowest BCUT2D eigenvalue weighted by molar-refractivity contribution is -0.663. The highest BCUT2D eigenvalue weighted by Gasteiger charge is 2.53. The number of primary amides is 1. The van der Waals surface area contributed by atoms with Crippen LogP contribution in [0.5, 0.6) is 0 Å². The van der Waals surface area contributed by atoms with Crippen LogP contribution in [0.3, 0.4) is 0 Å². The molecular weight excluding hydrogens is 640 g/mol. The quantitative estimate of drug-likeness (QED) is 0.0789. The topological polar surface area (TPSA) is 239 Å². The zero-order valence-corrected chi connectivity index (χ0v) is 25.0. The van der Waals surface area contributed by atoms with Crippen LogP contribution in [0.15, 0.2) is 47.0 Å². The minimum atomic E-state index is -1.56. The maximum Gasteiger partial charge on any atom is 0.347 e. The Morgan fingerprint density at radius 1 is 1.36 bits per heavy atom. The van der Waals surface area contributed by atoms with E-state index in [-0.39, 0.29) is 39.7 Å². The highest BCUT2D eigenvalue weighted by molar-refractivity contribution is 8.00. The Kier molecular flexibility index (Phi) is 8.49. The molecule has 5 rings (SSSR count). The summed E-state index contributed by atoms with van der Waals surface area (Å²) < 4.78 is 3.42. The van der Waals surface area contributed by atoms with E-state index in [9.17, 15) is 29.1 Å². The van der Waals surface area contributed by atoms with Crippen molar-refractivity contribution < 1.29 is 43.6 Å². The summed E-state index contributed by atoms with van der Waals surface area (Å²) in [6, 6.07) is 4.12. The first kappa shape index (κ1) is 30.8. The maximum atomic E-state index is 13.3. The van der Waals surface area contributed by atoms with Crippen LogP contribution in [0.25, 0.3) is 11.0 Å². The Morgan fingerprint density at radius 2 is 2.11 bits per heavy atom. The van der Waals surface area contributed by atoms with Crippen molar-refractivity contribution in [1.29, 1.82) is 0 Å². The molecule has 3 amide bonds. The van der Waals surface area contributed by atoms with Crippen LogP contribution in [-0.4, -0.2) is 78.2 Å². The molecule has 0 aliphatic carbocycles. The SMILES string of the molecule is C[C@H](O/N=C(\C(=O)NC1C(=O)N2C(C(=O)[O-])=C(C[n+]3cccc4c3ccn4CC(N)=O)CSC12)c1nc(N)sc1Cl)C(=O)O. The third-order valence-corrected chi connectivity index (χ3v) is 9.14. The van der Waals surface area contributed by atoms with Gasteiger partial charge in [0.2, 0.25) is 17.5 Å². The number of nitrogen functional groups attached to an aromatic ring is 1. The van der Waals surface area contributed by atoms with Gasteiger partial charge in [0.1, 0.15) is 33.5 Å². The molecule has 0 bridgehead atoms. The Bertz CT molecular complexity index is 1790. The average Bonchev–Trinajstić information content (AvgIpc) is 3.52. The number of nitrogens with two attached hydrogens (primary N) is 2. The number of aromatic nitrogens is 3. The van der Waals surface area contributed by atoms with E-state index < -0.39 is 52.9 Å². The number of thioether (sulfide) groups is 1. The molecule has 3 atom stereocenters. The summed E-state index contributed by atoms with van der Waals surface area (Å²) in [5.41, 5.74) is 11.8. The summed E-state index contributed by atoms with van der Waals surface area (Å²) in [7, 11) is 0. The van der Waals surface area contributed by atoms with Gasteiger partial charge in [0.05, 0.1) is 11.7 Å². The predicted octanol–water partition coefficient (Wildman–Crippen LogP) is -1.60. The molecule has 19 heteroatoms. The van der Waals surface area contributed by atoms with E-state index in [4.69, 9.17) is 33.0 Å². The molecule has 1 fully saturated rings. The number of halogens is 1. The number of rotatable bonds is 11. The number of β-lactam (4-membered cyclic amide) rings is 1. The van der Waals surface area contributed by atoms with Crippen molar-refractivity contribution in [2.75, 3.05) is 11.5 Å². The minimum absolute atomic E-state index is 0.000205. The van der Waals surface area contributed by atoms with Gasteiger partial charge in [0.25, 0.3) is 11.8 Å². The number of oxime groups is 1. The van der Waals surface area contributed by atoms with Crippen molar-refractivity contribution in [1.82, 2.24) is 19.8 Å². The Hall–Kier alpha value is -4.68. The van der Waals surface area contributed by atoms with E-state index in [1.54, 1.807) is 39.7 Å². The number of nitrogens with zero attached hydrogens (tertiary/aromatic N) is 5. The molecule has 3 aromatic rings. The van der Waals surface area contributed by atoms with E-state index in [0.717, 1.165) is 16.2 Å². The van der Waals surface area contributed by atoms with Crippen molar-refractivity contribution >= 4 is 86.2 Å². The number of anilines is 1. The van der Waals surface area contributed by atoms with Gasteiger partial charge >= 0.3 is 5.97 Å². The van der Waals surface area contributed by atoms with Gasteiger partial charge in [-0.1, -0.05) is 28.1 Å². The second-order valence-electron chi connectivity index (χ2n) is 9.62. The highest BCUT2D eigenvalue weighted by Crippen LogP contribution is 2.40. The van der Waals surface area contributed by atoms with Crippen LogP contribution in [0.2, 0.25) is 4.34 Å². The van der Waals surface area contributed by atoms with Crippen LogP contribution in [0, 0.1) is 0 Å². The smallest absolute Gasteiger partial charge is 0.347 e. The maximum absolute atomic E-state index is 13.3. The van der Waals surface area contributed by atoms with Gasteiger partial charge in [-0.05, 0) is 13.0 Å². The van der Waals surface area contributed by atoms with Crippen molar-refractivity contribution in [2.45, 2.75) is 37.5 Å². The average molecular weight is 663 g/mol. The van der Waals surface area contributed by atoms with Gasteiger partial charge in [-0.15, -0.1) is 11.8 Å². The standard InChI is InChI=1S/C25H23ClN8O8S2/c1-10(23(38)39)42-31-16(15-19(26)44-25(28)30-15)20(36)29-17-21(37)34-18(24(40)41)11(9-43-22(17)34)7-32-5-2-3-12-13(32)4-6-33(12)8-14(27)35/h2-6,10,17,22H,7-9H2,1H3,(H6-,27,28,29,30,35,36,38,39,40,41)/b31-16-/t10-,17?,22?/m0/s1. The Labute approximate surface area is 260 Å². The fourth-order valence-electron chi connectivity index (χ4n) is 4.70.